The van der Waals surface area contributed by atoms with Crippen molar-refractivity contribution < 1.29 is 30.8 Å². The summed E-state index contributed by atoms with van der Waals surface area (Å²) in [5.41, 5.74) is -0.482. The van der Waals surface area contributed by atoms with Crippen molar-refractivity contribution in [3.63, 3.8) is 0 Å². The minimum absolute atomic E-state index is 0.0783. The van der Waals surface area contributed by atoms with Gasteiger partial charge in [-0.3, -0.25) is 4.79 Å². The molecule has 1 amide bonds. The van der Waals surface area contributed by atoms with Gasteiger partial charge in [0.05, 0.1) is 5.56 Å². The van der Waals surface area contributed by atoms with Crippen molar-refractivity contribution in [2.24, 2.45) is 0 Å². The van der Waals surface area contributed by atoms with Gasteiger partial charge >= 0.3 is 6.18 Å². The zero-order valence-corrected chi connectivity index (χ0v) is 20.2. The van der Waals surface area contributed by atoms with E-state index in [4.69, 9.17) is 11.6 Å². The van der Waals surface area contributed by atoms with Crippen molar-refractivity contribution in [1.82, 2.24) is 4.31 Å². The molecule has 36 heavy (non-hydrogen) atoms. The summed E-state index contributed by atoms with van der Waals surface area (Å²) in [7, 11) is -4.28. The molecule has 0 atom stereocenters. The Balaban J connectivity index is 1.51. The second-order valence-electron chi connectivity index (χ2n) is 8.05. The highest BCUT2D eigenvalue weighted by Crippen LogP contribution is 2.31. The van der Waals surface area contributed by atoms with E-state index in [2.05, 4.69) is 5.32 Å². The van der Waals surface area contributed by atoms with Gasteiger partial charge in [-0.05, 0) is 54.6 Å². The fourth-order valence-corrected chi connectivity index (χ4v) is 5.51. The van der Waals surface area contributed by atoms with Crippen LogP contribution in [0, 0.1) is 5.82 Å². The molecule has 0 spiro atoms. The van der Waals surface area contributed by atoms with E-state index in [1.165, 1.54) is 6.07 Å². The lowest BCUT2D eigenvalue weighted by Gasteiger charge is -2.35. The largest absolute Gasteiger partial charge is 0.416 e. The summed E-state index contributed by atoms with van der Waals surface area (Å²) in [5.74, 6) is -1.92. The van der Waals surface area contributed by atoms with Gasteiger partial charge in [-0.15, -0.1) is 0 Å². The van der Waals surface area contributed by atoms with E-state index < -0.39 is 38.4 Å². The Hall–Kier alpha value is -3.15. The number of rotatable bonds is 5. The van der Waals surface area contributed by atoms with Crippen LogP contribution in [0.1, 0.15) is 15.9 Å². The van der Waals surface area contributed by atoms with Gasteiger partial charge in [0.25, 0.3) is 5.91 Å². The quantitative estimate of drug-likeness (QED) is 0.447. The second-order valence-corrected chi connectivity index (χ2v) is 10.4. The Morgan fingerprint density at radius 1 is 0.917 bits per heavy atom. The van der Waals surface area contributed by atoms with Gasteiger partial charge in [-0.2, -0.15) is 17.5 Å². The number of halogens is 5. The van der Waals surface area contributed by atoms with Gasteiger partial charge in [-0.25, -0.2) is 12.8 Å². The zero-order valence-electron chi connectivity index (χ0n) is 18.6. The van der Waals surface area contributed by atoms with Gasteiger partial charge < -0.3 is 10.2 Å². The van der Waals surface area contributed by atoms with E-state index >= 15 is 0 Å². The smallest absolute Gasteiger partial charge is 0.369 e. The highest BCUT2D eigenvalue weighted by atomic mass is 35.5. The molecule has 1 aliphatic heterocycles. The third-order valence-electron chi connectivity index (χ3n) is 5.67. The molecule has 12 heteroatoms. The number of nitrogens with one attached hydrogen (secondary N) is 1. The molecule has 1 heterocycles. The fraction of sp³-hybridized carbons (Fsp3) is 0.208. The lowest BCUT2D eigenvalue weighted by Crippen LogP contribution is -2.48. The van der Waals surface area contributed by atoms with Crippen LogP contribution in [0.25, 0.3) is 0 Å². The Kier molecular flexibility index (Phi) is 7.26. The molecule has 0 unspecified atom stereocenters. The summed E-state index contributed by atoms with van der Waals surface area (Å²) < 4.78 is 80.9. The number of piperazine rings is 1. The van der Waals surface area contributed by atoms with Gasteiger partial charge in [-0.1, -0.05) is 23.7 Å². The minimum Gasteiger partial charge on any atom is -0.369 e. The molecular weight excluding hydrogens is 522 g/mol. The van der Waals surface area contributed by atoms with E-state index in [0.717, 1.165) is 46.4 Å². The van der Waals surface area contributed by atoms with Crippen LogP contribution in [0.4, 0.5) is 28.9 Å². The number of alkyl halides is 3. The van der Waals surface area contributed by atoms with Crippen molar-refractivity contribution in [2.75, 3.05) is 36.4 Å². The molecule has 3 aromatic carbocycles. The molecule has 1 aliphatic rings. The number of hydrogen-bond acceptors (Lipinski definition) is 4. The molecule has 0 aromatic heterocycles. The predicted octanol–water partition coefficient (Wildman–Crippen LogP) is 5.26. The maximum Gasteiger partial charge on any atom is 0.416 e. The van der Waals surface area contributed by atoms with E-state index in [1.807, 2.05) is 11.0 Å². The maximum absolute atomic E-state index is 14.6. The van der Waals surface area contributed by atoms with Gasteiger partial charge in [0.2, 0.25) is 10.0 Å². The minimum atomic E-state index is -4.60. The number of nitrogens with zero attached hydrogens (tertiary/aromatic N) is 2. The van der Waals surface area contributed by atoms with Crippen molar-refractivity contribution in [1.29, 1.82) is 0 Å². The summed E-state index contributed by atoms with van der Waals surface area (Å²) in [4.78, 5) is 13.9. The molecule has 1 fully saturated rings. The van der Waals surface area contributed by atoms with Crippen LogP contribution < -0.4 is 10.2 Å². The number of carbonyl (C=O) groups is 1. The number of anilines is 2. The van der Waals surface area contributed by atoms with E-state index in [0.29, 0.717) is 18.1 Å². The first-order chi connectivity index (χ1) is 16.9. The standard InChI is InChI=1S/C24H20ClF4N3O3S/c25-18-4-2-6-20(15-18)31-9-11-32(12-10-31)36(34,35)22-13-16(7-8-21(22)26)23(33)30-19-5-1-3-17(14-19)24(27,28)29/h1-8,13-15H,9-12H2,(H,30,33). The summed E-state index contributed by atoms with van der Waals surface area (Å²) in [6.45, 7) is 0.845. The van der Waals surface area contributed by atoms with E-state index in [9.17, 15) is 30.8 Å². The van der Waals surface area contributed by atoms with Gasteiger partial charge in [0.1, 0.15) is 10.7 Å². The molecule has 0 aliphatic carbocycles. The van der Waals surface area contributed by atoms with Crippen LogP contribution in [-0.2, 0) is 16.2 Å². The van der Waals surface area contributed by atoms with Gasteiger partial charge in [0, 0.05) is 48.1 Å². The third-order valence-corrected chi connectivity index (χ3v) is 7.82. The zero-order chi connectivity index (χ0) is 26.1. The predicted molar refractivity (Wildman–Crippen MR) is 128 cm³/mol. The maximum atomic E-state index is 14.6. The van der Waals surface area contributed by atoms with Crippen molar-refractivity contribution in [2.45, 2.75) is 11.1 Å². The molecular formula is C24H20ClF4N3O3S. The molecule has 190 valence electrons. The fourth-order valence-electron chi connectivity index (χ4n) is 3.82. The molecule has 0 bridgehead atoms. The van der Waals surface area contributed by atoms with Crippen LogP contribution in [0.5, 0.6) is 0 Å². The average molecular weight is 542 g/mol. The number of benzene rings is 3. The van der Waals surface area contributed by atoms with Gasteiger partial charge in [0.15, 0.2) is 0 Å². The Bertz CT molecular complexity index is 1390. The molecule has 3 aromatic rings. The number of hydrogen-bond donors (Lipinski definition) is 1. The van der Waals surface area contributed by atoms with Crippen molar-refractivity contribution >= 4 is 38.9 Å². The third kappa shape index (κ3) is 5.63. The lowest BCUT2D eigenvalue weighted by molar-refractivity contribution is -0.137. The molecule has 1 saturated heterocycles. The van der Waals surface area contributed by atoms with E-state index in [1.54, 1.807) is 18.2 Å². The van der Waals surface area contributed by atoms with E-state index in [-0.39, 0.29) is 24.3 Å². The molecule has 4 rings (SSSR count). The van der Waals surface area contributed by atoms with Crippen LogP contribution in [-0.4, -0.2) is 44.8 Å². The molecule has 0 radical (unpaired) electrons. The Morgan fingerprint density at radius 3 is 2.28 bits per heavy atom. The molecule has 0 saturated carbocycles. The van der Waals surface area contributed by atoms with Crippen molar-refractivity contribution in [3.8, 4) is 0 Å². The molecule has 6 nitrogen and oxygen atoms in total. The van der Waals surface area contributed by atoms with Crippen LogP contribution in [0.3, 0.4) is 0 Å². The second kappa shape index (κ2) is 10.1. The summed E-state index contributed by atoms with van der Waals surface area (Å²) >= 11 is 6.02. The summed E-state index contributed by atoms with van der Waals surface area (Å²) in [6.07, 6.45) is -4.60. The Labute approximate surface area is 210 Å². The summed E-state index contributed by atoms with van der Waals surface area (Å²) in [6, 6.07) is 13.9. The first kappa shape index (κ1) is 25.9. The van der Waals surface area contributed by atoms with Crippen LogP contribution >= 0.6 is 11.6 Å². The SMILES string of the molecule is O=C(Nc1cccc(C(F)(F)F)c1)c1ccc(F)c(S(=O)(=O)N2CCN(c3cccc(Cl)c3)CC2)c1. The number of sulfonamides is 1. The number of amides is 1. The normalized spacial score (nSPS) is 15.1. The topological polar surface area (TPSA) is 69.7 Å². The highest BCUT2D eigenvalue weighted by molar-refractivity contribution is 7.89. The summed E-state index contributed by atoms with van der Waals surface area (Å²) in [5, 5.41) is 2.84. The van der Waals surface area contributed by atoms with Crippen LogP contribution in [0.15, 0.2) is 71.6 Å². The van der Waals surface area contributed by atoms with Crippen molar-refractivity contribution in [3.05, 3.63) is 88.7 Å². The van der Waals surface area contributed by atoms with Crippen LogP contribution in [0.2, 0.25) is 5.02 Å². The Morgan fingerprint density at radius 2 is 1.61 bits per heavy atom. The molecule has 1 N–H and O–H groups in total. The lowest BCUT2D eigenvalue weighted by atomic mass is 10.1. The first-order valence-corrected chi connectivity index (χ1v) is 12.6. The average Bonchev–Trinajstić information content (AvgIpc) is 2.84. The first-order valence-electron chi connectivity index (χ1n) is 10.7. The monoisotopic (exact) mass is 541 g/mol. The highest BCUT2D eigenvalue weighted by Gasteiger charge is 2.32. The number of carbonyl (C=O) groups excluding carboxylic acids is 1.